The third-order valence-electron chi connectivity index (χ3n) is 5.80. The molecule has 0 unspecified atom stereocenters. The largest absolute Gasteiger partial charge is 0.493 e. The molecule has 0 spiro atoms. The van der Waals surface area contributed by atoms with Crippen LogP contribution in [0, 0.1) is 0 Å². The topological polar surface area (TPSA) is 120 Å². The van der Waals surface area contributed by atoms with Gasteiger partial charge in [-0.3, -0.25) is 0 Å². The number of carbonyl (C=O) groups is 1. The van der Waals surface area contributed by atoms with E-state index in [0.717, 1.165) is 11.1 Å². The van der Waals surface area contributed by atoms with Crippen LogP contribution in [0.25, 0.3) is 28.0 Å². The van der Waals surface area contributed by atoms with Crippen molar-refractivity contribution in [3.8, 4) is 39.8 Å². The Bertz CT molecular complexity index is 1580. The van der Waals surface area contributed by atoms with Gasteiger partial charge in [-0.1, -0.05) is 36.4 Å². The minimum Gasteiger partial charge on any atom is -0.493 e. The van der Waals surface area contributed by atoms with E-state index < -0.39 is 5.97 Å². The summed E-state index contributed by atoms with van der Waals surface area (Å²) in [6.45, 7) is 0. The molecule has 5 aromatic rings. The van der Waals surface area contributed by atoms with Crippen LogP contribution in [0.5, 0.6) is 17.2 Å². The van der Waals surface area contributed by atoms with Gasteiger partial charge in [0.25, 0.3) is 0 Å². The molecule has 0 saturated heterocycles. The summed E-state index contributed by atoms with van der Waals surface area (Å²) >= 11 is 0. The second-order valence-electron chi connectivity index (χ2n) is 7.96. The van der Waals surface area contributed by atoms with Crippen LogP contribution in [0.15, 0.2) is 72.9 Å². The number of nitrogens with zero attached hydrogens (tertiary/aromatic N) is 4. The van der Waals surface area contributed by atoms with Gasteiger partial charge in [0, 0.05) is 29.6 Å². The van der Waals surface area contributed by atoms with Crippen LogP contribution < -0.4 is 19.5 Å². The summed E-state index contributed by atoms with van der Waals surface area (Å²) in [5, 5.41) is 26.4. The third kappa shape index (κ3) is 4.36. The first-order valence-electron chi connectivity index (χ1n) is 11.2. The predicted molar refractivity (Wildman–Crippen MR) is 138 cm³/mol. The molecule has 0 aliphatic rings. The van der Waals surface area contributed by atoms with Crippen molar-refractivity contribution in [3.63, 3.8) is 0 Å². The van der Waals surface area contributed by atoms with Gasteiger partial charge in [-0.2, -0.15) is 5.10 Å². The number of nitrogens with one attached hydrogen (secondary N) is 1. The summed E-state index contributed by atoms with van der Waals surface area (Å²) in [4.78, 5) is 12.3. The van der Waals surface area contributed by atoms with Gasteiger partial charge in [0.2, 0.25) is 5.75 Å². The van der Waals surface area contributed by atoms with E-state index in [-0.39, 0.29) is 11.4 Å². The number of pyridine rings is 1. The number of aromatic nitrogens is 4. The Hall–Kier alpha value is -5.12. The van der Waals surface area contributed by atoms with Crippen LogP contribution in [0.1, 0.15) is 10.4 Å². The van der Waals surface area contributed by atoms with Crippen molar-refractivity contribution in [1.82, 2.24) is 19.8 Å². The van der Waals surface area contributed by atoms with Crippen LogP contribution in [-0.2, 0) is 0 Å². The van der Waals surface area contributed by atoms with E-state index in [1.807, 2.05) is 54.7 Å². The Morgan fingerprint density at radius 3 is 2.24 bits per heavy atom. The standard InChI is InChI=1S/C27H23N5O5/c1-35-21-13-17(14-22(36-2)25(21)37-3)28-26-18(27(33)34)15-19(29-30-26)23-20-11-7-8-12-32(20)31-24(23)16-9-5-4-6-10-16/h4-15H,1-3H3,(H,28,30)(H,33,34). The summed E-state index contributed by atoms with van der Waals surface area (Å²) in [6, 6.07) is 20.1. The molecule has 0 bridgehead atoms. The van der Waals surface area contributed by atoms with Crippen LogP contribution >= 0.6 is 0 Å². The number of fused-ring (bicyclic) bond motifs is 1. The van der Waals surface area contributed by atoms with Crippen LogP contribution in [0.2, 0.25) is 0 Å². The summed E-state index contributed by atoms with van der Waals surface area (Å²) < 4.78 is 17.9. The van der Waals surface area contributed by atoms with Crippen molar-refractivity contribution >= 4 is 23.0 Å². The predicted octanol–water partition coefficient (Wildman–Crippen LogP) is 4.93. The number of carboxylic acids is 1. The molecule has 0 fully saturated rings. The molecule has 0 atom stereocenters. The first kappa shape index (κ1) is 23.6. The van der Waals surface area contributed by atoms with Gasteiger partial charge >= 0.3 is 5.97 Å². The molecule has 3 aromatic heterocycles. The van der Waals surface area contributed by atoms with Crippen molar-refractivity contribution in [2.45, 2.75) is 0 Å². The minimum absolute atomic E-state index is 0.0586. The Morgan fingerprint density at radius 1 is 0.892 bits per heavy atom. The number of hydrogen-bond acceptors (Lipinski definition) is 8. The molecular weight excluding hydrogens is 474 g/mol. The number of anilines is 2. The monoisotopic (exact) mass is 497 g/mol. The fourth-order valence-electron chi connectivity index (χ4n) is 4.11. The molecule has 3 heterocycles. The van der Waals surface area contributed by atoms with Crippen molar-refractivity contribution in [2.75, 3.05) is 26.6 Å². The van der Waals surface area contributed by atoms with Crippen molar-refractivity contribution in [2.24, 2.45) is 0 Å². The molecule has 0 radical (unpaired) electrons. The summed E-state index contributed by atoms with van der Waals surface area (Å²) in [6.07, 6.45) is 1.83. The van der Waals surface area contributed by atoms with Crippen LogP contribution in [-0.4, -0.2) is 52.2 Å². The highest BCUT2D eigenvalue weighted by Crippen LogP contribution is 2.41. The Morgan fingerprint density at radius 2 is 1.59 bits per heavy atom. The molecule has 0 aliphatic heterocycles. The molecule has 2 N–H and O–H groups in total. The average molecular weight is 498 g/mol. The lowest BCUT2D eigenvalue weighted by molar-refractivity contribution is 0.0697. The lowest BCUT2D eigenvalue weighted by Gasteiger charge is -2.15. The first-order chi connectivity index (χ1) is 18.0. The van der Waals surface area contributed by atoms with Gasteiger partial charge in [0.05, 0.1) is 38.1 Å². The lowest BCUT2D eigenvalue weighted by atomic mass is 10.0. The molecular formula is C27H23N5O5. The number of hydrogen-bond donors (Lipinski definition) is 2. The van der Waals surface area contributed by atoms with Gasteiger partial charge < -0.3 is 24.6 Å². The van der Waals surface area contributed by atoms with E-state index in [1.165, 1.54) is 27.4 Å². The number of benzene rings is 2. The molecule has 5 rings (SSSR count). The van der Waals surface area contributed by atoms with Crippen molar-refractivity contribution in [3.05, 3.63) is 78.5 Å². The molecule has 0 saturated carbocycles. The SMILES string of the molecule is COc1cc(Nc2nnc(-c3c(-c4ccccc4)nn4ccccc34)cc2C(=O)O)cc(OC)c1OC. The highest BCUT2D eigenvalue weighted by Gasteiger charge is 2.22. The number of ether oxygens (including phenoxy) is 3. The average Bonchev–Trinajstić information content (AvgIpc) is 3.32. The van der Waals surface area contributed by atoms with E-state index in [2.05, 4.69) is 15.5 Å². The van der Waals surface area contributed by atoms with Crippen LogP contribution in [0.4, 0.5) is 11.5 Å². The zero-order valence-electron chi connectivity index (χ0n) is 20.3. The highest BCUT2D eigenvalue weighted by atomic mass is 16.5. The molecule has 2 aromatic carbocycles. The Kier molecular flexibility index (Phi) is 6.29. The molecule has 0 amide bonds. The minimum atomic E-state index is -1.16. The van der Waals surface area contributed by atoms with Crippen LogP contribution in [0.3, 0.4) is 0 Å². The van der Waals surface area contributed by atoms with Gasteiger partial charge in [-0.25, -0.2) is 9.31 Å². The van der Waals surface area contributed by atoms with E-state index in [9.17, 15) is 9.90 Å². The van der Waals surface area contributed by atoms with Crippen molar-refractivity contribution < 1.29 is 24.1 Å². The second kappa shape index (κ2) is 9.86. The third-order valence-corrected chi connectivity index (χ3v) is 5.80. The summed E-state index contributed by atoms with van der Waals surface area (Å²) in [7, 11) is 4.50. The Balaban J connectivity index is 1.63. The van der Waals surface area contributed by atoms with Gasteiger partial charge in [0.1, 0.15) is 11.3 Å². The Labute approximate surface area is 212 Å². The van der Waals surface area contributed by atoms with E-state index in [1.54, 1.807) is 16.6 Å². The fourth-order valence-corrected chi connectivity index (χ4v) is 4.11. The first-order valence-corrected chi connectivity index (χ1v) is 11.2. The maximum absolute atomic E-state index is 12.3. The number of carboxylic acid groups (broad SMARTS) is 1. The second-order valence-corrected chi connectivity index (χ2v) is 7.96. The molecule has 10 heteroatoms. The van der Waals surface area contributed by atoms with Gasteiger partial charge in [0.15, 0.2) is 17.3 Å². The smallest absolute Gasteiger partial charge is 0.339 e. The van der Waals surface area contributed by atoms with E-state index in [4.69, 9.17) is 19.3 Å². The maximum Gasteiger partial charge on any atom is 0.339 e. The summed E-state index contributed by atoms with van der Waals surface area (Å²) in [5.41, 5.74) is 3.81. The zero-order chi connectivity index (χ0) is 25.9. The fraction of sp³-hybridized carbons (Fsp3) is 0.111. The van der Waals surface area contributed by atoms with E-state index >= 15 is 0 Å². The molecule has 37 heavy (non-hydrogen) atoms. The molecule has 10 nitrogen and oxygen atoms in total. The number of rotatable bonds is 8. The zero-order valence-corrected chi connectivity index (χ0v) is 20.3. The molecule has 0 aliphatic carbocycles. The quantitative estimate of drug-likeness (QED) is 0.307. The van der Waals surface area contributed by atoms with E-state index in [0.29, 0.717) is 39.9 Å². The van der Waals surface area contributed by atoms with Gasteiger partial charge in [-0.15, -0.1) is 10.2 Å². The van der Waals surface area contributed by atoms with Crippen molar-refractivity contribution in [1.29, 1.82) is 0 Å². The number of aromatic carboxylic acids is 1. The molecule has 186 valence electrons. The van der Waals surface area contributed by atoms with Gasteiger partial charge in [-0.05, 0) is 18.2 Å². The number of methoxy groups -OCH3 is 3. The maximum atomic E-state index is 12.3. The summed E-state index contributed by atoms with van der Waals surface area (Å²) in [5.74, 6) is 0.123. The lowest BCUT2D eigenvalue weighted by Crippen LogP contribution is -2.08. The normalized spacial score (nSPS) is 10.8. The highest BCUT2D eigenvalue weighted by molar-refractivity contribution is 5.97.